The fourth-order valence-electron chi connectivity index (χ4n) is 3.86. The van der Waals surface area contributed by atoms with Crippen molar-refractivity contribution in [2.75, 3.05) is 25.0 Å². The Morgan fingerprint density at radius 2 is 2.14 bits per heavy atom. The molecule has 2 aliphatic heterocycles. The first-order valence-corrected chi connectivity index (χ1v) is 10.7. The molecular formula is C22H35N3O3. The average molecular weight is 390 g/mol. The molecule has 6 heteroatoms. The van der Waals surface area contributed by atoms with Crippen LogP contribution in [-0.2, 0) is 15.9 Å². The van der Waals surface area contributed by atoms with Gasteiger partial charge in [0.1, 0.15) is 11.4 Å². The number of unbranched alkanes of at least 4 members (excludes halogenated alkanes) is 2. The van der Waals surface area contributed by atoms with Crippen molar-refractivity contribution in [3.05, 3.63) is 23.9 Å². The third-order valence-electron chi connectivity index (χ3n) is 5.34. The normalized spacial score (nSPS) is 21.9. The fourth-order valence-corrected chi connectivity index (χ4v) is 3.86. The zero-order valence-corrected chi connectivity index (χ0v) is 17.6. The van der Waals surface area contributed by atoms with Crippen LogP contribution in [0.1, 0.15) is 64.9 Å². The Hall–Kier alpha value is -1.82. The van der Waals surface area contributed by atoms with E-state index >= 15 is 0 Å². The van der Waals surface area contributed by atoms with Crippen molar-refractivity contribution in [1.82, 2.24) is 9.88 Å². The lowest BCUT2D eigenvalue weighted by Gasteiger charge is -2.26. The molecule has 3 heterocycles. The average Bonchev–Trinajstić information content (AvgIpc) is 3.12. The smallest absolute Gasteiger partial charge is 0.410 e. The van der Waals surface area contributed by atoms with Crippen LogP contribution in [0.2, 0.25) is 0 Å². The molecule has 1 amide bonds. The lowest BCUT2D eigenvalue weighted by molar-refractivity contribution is 0.0206. The molecule has 1 N–H and O–H groups in total. The number of carbonyl (C=O) groups is 1. The van der Waals surface area contributed by atoms with E-state index in [0.29, 0.717) is 12.6 Å². The first kappa shape index (κ1) is 20.9. The maximum Gasteiger partial charge on any atom is 0.410 e. The van der Waals surface area contributed by atoms with E-state index in [2.05, 4.69) is 16.4 Å². The van der Waals surface area contributed by atoms with Crippen molar-refractivity contribution in [3.8, 4) is 0 Å². The Bertz CT molecular complexity index is 644. The summed E-state index contributed by atoms with van der Waals surface area (Å²) in [6.45, 7) is 7.83. The summed E-state index contributed by atoms with van der Waals surface area (Å²) in [6, 6.07) is 4.72. The number of rotatable bonds is 7. The van der Waals surface area contributed by atoms with Gasteiger partial charge in [-0.1, -0.05) is 18.9 Å². The fraction of sp³-hybridized carbons (Fsp3) is 0.727. The van der Waals surface area contributed by atoms with E-state index in [1.807, 2.05) is 33.0 Å². The van der Waals surface area contributed by atoms with Crippen molar-refractivity contribution < 1.29 is 14.3 Å². The number of nitrogens with one attached hydrogen (secondary N) is 1. The van der Waals surface area contributed by atoms with Gasteiger partial charge in [-0.15, -0.1) is 0 Å². The van der Waals surface area contributed by atoms with Gasteiger partial charge in [0.05, 0.1) is 12.6 Å². The Morgan fingerprint density at radius 3 is 2.96 bits per heavy atom. The maximum absolute atomic E-state index is 12.1. The highest BCUT2D eigenvalue weighted by Crippen LogP contribution is 2.24. The van der Waals surface area contributed by atoms with E-state index in [9.17, 15) is 4.79 Å². The Kier molecular flexibility index (Phi) is 7.16. The highest BCUT2D eigenvalue weighted by atomic mass is 16.6. The molecular weight excluding hydrogens is 354 g/mol. The summed E-state index contributed by atoms with van der Waals surface area (Å²) in [5.74, 6) is 1.07. The van der Waals surface area contributed by atoms with Crippen LogP contribution in [0.15, 0.2) is 18.3 Å². The van der Waals surface area contributed by atoms with Crippen molar-refractivity contribution >= 4 is 11.9 Å². The molecule has 3 rings (SSSR count). The molecule has 1 aromatic heterocycles. The zero-order valence-electron chi connectivity index (χ0n) is 17.6. The molecule has 0 aromatic carbocycles. The Balaban J connectivity index is 1.24. The highest BCUT2D eigenvalue weighted by molar-refractivity contribution is 5.68. The van der Waals surface area contributed by atoms with Gasteiger partial charge in [0, 0.05) is 25.4 Å². The summed E-state index contributed by atoms with van der Waals surface area (Å²) in [5.41, 5.74) is 0.894. The molecule has 1 unspecified atom stereocenters. The van der Waals surface area contributed by atoms with E-state index in [4.69, 9.17) is 9.47 Å². The number of hydrogen-bond acceptors (Lipinski definition) is 5. The predicted octanol–water partition coefficient (Wildman–Crippen LogP) is 4.39. The lowest BCUT2D eigenvalue weighted by atomic mass is 9.97. The number of aryl methyl sites for hydroxylation is 1. The number of amides is 1. The van der Waals surface area contributed by atoms with Gasteiger partial charge >= 0.3 is 6.09 Å². The van der Waals surface area contributed by atoms with Gasteiger partial charge < -0.3 is 19.7 Å². The van der Waals surface area contributed by atoms with E-state index in [0.717, 1.165) is 38.2 Å². The largest absolute Gasteiger partial charge is 0.444 e. The summed E-state index contributed by atoms with van der Waals surface area (Å²) < 4.78 is 11.4. The van der Waals surface area contributed by atoms with Crippen LogP contribution >= 0.6 is 0 Å². The minimum Gasteiger partial charge on any atom is -0.444 e. The topological polar surface area (TPSA) is 63.7 Å². The van der Waals surface area contributed by atoms with Gasteiger partial charge in [0.15, 0.2) is 0 Å². The van der Waals surface area contributed by atoms with Gasteiger partial charge in [-0.05, 0) is 64.5 Å². The first-order chi connectivity index (χ1) is 13.4. The Labute approximate surface area is 169 Å². The second-order valence-electron chi connectivity index (χ2n) is 8.95. The van der Waals surface area contributed by atoms with E-state index in [1.54, 1.807) is 4.90 Å². The summed E-state index contributed by atoms with van der Waals surface area (Å²) in [6.07, 6.45) is 9.64. The second kappa shape index (κ2) is 9.59. The molecule has 0 aliphatic carbocycles. The number of carbonyl (C=O) groups excluding carboxylic acids is 1. The van der Waals surface area contributed by atoms with Crippen molar-refractivity contribution in [2.45, 2.75) is 83.5 Å². The van der Waals surface area contributed by atoms with Crippen LogP contribution in [0, 0.1) is 0 Å². The molecule has 2 aliphatic rings. The highest BCUT2D eigenvalue weighted by Gasteiger charge is 2.30. The number of hydrogen-bond donors (Lipinski definition) is 1. The van der Waals surface area contributed by atoms with Gasteiger partial charge in [-0.2, -0.15) is 0 Å². The molecule has 28 heavy (non-hydrogen) atoms. The van der Waals surface area contributed by atoms with Gasteiger partial charge in [-0.3, -0.25) is 0 Å². The lowest BCUT2D eigenvalue weighted by Crippen LogP contribution is -2.36. The van der Waals surface area contributed by atoms with E-state index < -0.39 is 5.60 Å². The molecule has 6 nitrogen and oxygen atoms in total. The third-order valence-corrected chi connectivity index (χ3v) is 5.34. The molecule has 0 radical (unpaired) electrons. The summed E-state index contributed by atoms with van der Waals surface area (Å²) in [7, 11) is 0. The number of likely N-dealkylation sites (tertiary alicyclic amines) is 1. The molecule has 1 aromatic rings. The van der Waals surface area contributed by atoms with Gasteiger partial charge in [-0.25, -0.2) is 9.78 Å². The third kappa shape index (κ3) is 6.36. The van der Waals surface area contributed by atoms with Crippen molar-refractivity contribution in [1.29, 1.82) is 0 Å². The number of nitrogens with zero attached hydrogens (tertiary/aromatic N) is 2. The number of ether oxygens (including phenoxy) is 2. The minimum absolute atomic E-state index is 0.148. The standard InChI is InChI=1S/C22H35N3O3/c1-22(2,3)28-21(26)25-14-12-19(16-25)27-15-6-4-5-9-18-11-10-17-8-7-13-23-20(17)24-18/h7-8,13,18-19H,4-6,9-12,14-16H2,1-3H3,(H,23,24)/t18?,19-/m1/s1. The van der Waals surface area contributed by atoms with Crippen molar-refractivity contribution in [2.24, 2.45) is 0 Å². The first-order valence-electron chi connectivity index (χ1n) is 10.7. The summed E-state index contributed by atoms with van der Waals surface area (Å²) >= 11 is 0. The van der Waals surface area contributed by atoms with Crippen LogP contribution in [0.4, 0.5) is 10.6 Å². The van der Waals surface area contributed by atoms with Gasteiger partial charge in [0.2, 0.25) is 0 Å². The summed E-state index contributed by atoms with van der Waals surface area (Å²) in [4.78, 5) is 18.3. The number of anilines is 1. The number of pyridine rings is 1. The molecule has 1 fully saturated rings. The minimum atomic E-state index is -0.443. The number of aromatic nitrogens is 1. The van der Waals surface area contributed by atoms with Crippen LogP contribution < -0.4 is 5.32 Å². The van der Waals surface area contributed by atoms with Crippen molar-refractivity contribution in [3.63, 3.8) is 0 Å². The predicted molar refractivity (Wildman–Crippen MR) is 111 cm³/mol. The van der Waals surface area contributed by atoms with Crippen LogP contribution in [0.3, 0.4) is 0 Å². The van der Waals surface area contributed by atoms with Crippen LogP contribution in [-0.4, -0.2) is 53.4 Å². The molecule has 1 saturated heterocycles. The Morgan fingerprint density at radius 1 is 1.29 bits per heavy atom. The molecule has 156 valence electrons. The maximum atomic E-state index is 12.1. The van der Waals surface area contributed by atoms with E-state index in [-0.39, 0.29) is 12.2 Å². The SMILES string of the molecule is CC(C)(C)OC(=O)N1CC[C@@H](OCCCCCC2CCc3cccnc3N2)C1. The monoisotopic (exact) mass is 389 g/mol. The van der Waals surface area contributed by atoms with Gasteiger partial charge in [0.25, 0.3) is 0 Å². The zero-order chi connectivity index (χ0) is 20.0. The van der Waals surface area contributed by atoms with Crippen LogP contribution in [0.5, 0.6) is 0 Å². The van der Waals surface area contributed by atoms with E-state index in [1.165, 1.54) is 31.2 Å². The molecule has 0 spiro atoms. The second-order valence-corrected chi connectivity index (χ2v) is 8.95. The quantitative estimate of drug-likeness (QED) is 0.701. The summed E-state index contributed by atoms with van der Waals surface area (Å²) in [5, 5.41) is 3.57. The molecule has 2 atom stereocenters. The molecule has 0 bridgehead atoms. The number of fused-ring (bicyclic) bond motifs is 1. The van der Waals surface area contributed by atoms with Crippen LogP contribution in [0.25, 0.3) is 0 Å². The molecule has 0 saturated carbocycles.